The largest absolute Gasteiger partial charge is 0.490 e. The molecule has 3 aromatic carbocycles. The van der Waals surface area contributed by atoms with Gasteiger partial charge in [0.1, 0.15) is 0 Å². The summed E-state index contributed by atoms with van der Waals surface area (Å²) in [6, 6.07) is 8.54. The van der Waals surface area contributed by atoms with E-state index < -0.39 is 23.5 Å². The molecule has 0 spiro atoms. The number of aliphatic carboxylic acids is 1. The van der Waals surface area contributed by atoms with Gasteiger partial charge in [0, 0.05) is 33.9 Å². The second kappa shape index (κ2) is 10.8. The lowest BCUT2D eigenvalue weighted by molar-refractivity contribution is -0.160. The SMILES string of the molecule is Cc1cc(Cl)cc(C(=O)N2CCc3c2cc(C)c([C@H](OC(C)(C)C)C(=O)O)c3-c2cc(F)c3c(c2C)CCCO3)c1. The third-order valence-corrected chi connectivity index (χ3v) is 7.95. The number of rotatable bonds is 5. The smallest absolute Gasteiger partial charge is 0.337 e. The molecule has 216 valence electrons. The van der Waals surface area contributed by atoms with Crippen LogP contribution in [0.25, 0.3) is 11.1 Å². The van der Waals surface area contributed by atoms with E-state index in [0.29, 0.717) is 64.5 Å². The van der Waals surface area contributed by atoms with Crippen molar-refractivity contribution in [1.29, 1.82) is 0 Å². The van der Waals surface area contributed by atoms with Crippen molar-refractivity contribution in [1.82, 2.24) is 0 Å². The Bertz CT molecular complexity index is 1560. The number of carbonyl (C=O) groups excluding carboxylic acids is 1. The van der Waals surface area contributed by atoms with Crippen LogP contribution >= 0.6 is 11.6 Å². The molecule has 3 aromatic rings. The van der Waals surface area contributed by atoms with E-state index in [-0.39, 0.29) is 11.7 Å². The van der Waals surface area contributed by atoms with Crippen LogP contribution in [0.4, 0.5) is 10.1 Å². The van der Waals surface area contributed by atoms with Gasteiger partial charge in [0.25, 0.3) is 5.91 Å². The molecule has 41 heavy (non-hydrogen) atoms. The molecule has 0 bridgehead atoms. The average molecular weight is 580 g/mol. The summed E-state index contributed by atoms with van der Waals surface area (Å²) in [6.45, 7) is 11.9. The fraction of sp³-hybridized carbons (Fsp3) is 0.394. The van der Waals surface area contributed by atoms with Crippen molar-refractivity contribution >= 4 is 29.2 Å². The summed E-state index contributed by atoms with van der Waals surface area (Å²) in [5.41, 5.74) is 6.00. The molecule has 6 nitrogen and oxygen atoms in total. The molecule has 1 atom stereocenters. The summed E-state index contributed by atoms with van der Waals surface area (Å²) in [5, 5.41) is 10.9. The summed E-state index contributed by atoms with van der Waals surface area (Å²) in [7, 11) is 0. The first-order valence-electron chi connectivity index (χ1n) is 13.9. The summed E-state index contributed by atoms with van der Waals surface area (Å²) in [6.07, 6.45) is 0.599. The van der Waals surface area contributed by atoms with Crippen LogP contribution in [0.5, 0.6) is 5.75 Å². The number of carbonyl (C=O) groups is 2. The maximum atomic E-state index is 15.6. The quantitative estimate of drug-likeness (QED) is 0.338. The first-order chi connectivity index (χ1) is 19.3. The number of ether oxygens (including phenoxy) is 2. The minimum atomic E-state index is -1.30. The monoisotopic (exact) mass is 579 g/mol. The van der Waals surface area contributed by atoms with Crippen LogP contribution in [0.15, 0.2) is 30.3 Å². The molecule has 0 saturated carbocycles. The topological polar surface area (TPSA) is 76.1 Å². The highest BCUT2D eigenvalue weighted by atomic mass is 35.5. The molecule has 0 fully saturated rings. The van der Waals surface area contributed by atoms with Gasteiger partial charge in [-0.25, -0.2) is 9.18 Å². The average Bonchev–Trinajstić information content (AvgIpc) is 3.30. The van der Waals surface area contributed by atoms with Crippen molar-refractivity contribution in [3.05, 3.63) is 80.1 Å². The highest BCUT2D eigenvalue weighted by Crippen LogP contribution is 2.48. The Kier molecular flexibility index (Phi) is 7.64. The number of hydrogen-bond donors (Lipinski definition) is 1. The van der Waals surface area contributed by atoms with E-state index in [9.17, 15) is 14.7 Å². The fourth-order valence-electron chi connectivity index (χ4n) is 6.07. The van der Waals surface area contributed by atoms with Gasteiger partial charge in [0.2, 0.25) is 0 Å². The van der Waals surface area contributed by atoms with E-state index in [2.05, 4.69) is 0 Å². The summed E-state index contributed by atoms with van der Waals surface area (Å²) in [4.78, 5) is 28.2. The number of halogens is 2. The minimum Gasteiger partial charge on any atom is -0.490 e. The van der Waals surface area contributed by atoms with E-state index in [4.69, 9.17) is 21.1 Å². The molecular formula is C33H35ClFNO5. The van der Waals surface area contributed by atoms with Gasteiger partial charge in [0.05, 0.1) is 12.2 Å². The number of anilines is 1. The zero-order chi connectivity index (χ0) is 29.8. The highest BCUT2D eigenvalue weighted by molar-refractivity contribution is 6.31. The molecule has 0 aromatic heterocycles. The predicted octanol–water partition coefficient (Wildman–Crippen LogP) is 7.54. The summed E-state index contributed by atoms with van der Waals surface area (Å²) in [5.74, 6) is -1.55. The number of carboxylic acid groups (broad SMARTS) is 1. The Morgan fingerprint density at radius 1 is 1.07 bits per heavy atom. The second-order valence-corrected chi connectivity index (χ2v) is 12.4. The molecule has 2 heterocycles. The molecule has 0 unspecified atom stereocenters. The first-order valence-corrected chi connectivity index (χ1v) is 14.3. The number of benzene rings is 3. The van der Waals surface area contributed by atoms with Crippen molar-refractivity contribution < 1.29 is 28.6 Å². The van der Waals surface area contributed by atoms with E-state index in [1.807, 2.05) is 26.8 Å². The van der Waals surface area contributed by atoms with Gasteiger partial charge in [0.15, 0.2) is 17.7 Å². The summed E-state index contributed by atoms with van der Waals surface area (Å²) < 4.78 is 27.4. The van der Waals surface area contributed by atoms with Crippen LogP contribution in [-0.4, -0.2) is 35.7 Å². The molecule has 2 aliphatic rings. The molecule has 1 N–H and O–H groups in total. The van der Waals surface area contributed by atoms with Crippen LogP contribution in [0.3, 0.4) is 0 Å². The molecular weight excluding hydrogens is 545 g/mol. The number of aryl methyl sites for hydroxylation is 2. The maximum Gasteiger partial charge on any atom is 0.337 e. The standard InChI is InChI=1S/C33H35ClFNO5/c1-17-12-20(15-21(34)13-17)31(37)36-10-9-23-26(36)14-18(2)27(30(32(38)39)41-33(4,5)6)28(23)24-16-25(35)29-22(19(24)3)8-7-11-40-29/h12-16,30H,7-11H2,1-6H3,(H,38,39)/t30-/m0/s1. The Hall–Kier alpha value is -3.42. The lowest BCUT2D eigenvalue weighted by Crippen LogP contribution is -2.30. The molecule has 1 amide bonds. The van der Waals surface area contributed by atoms with Gasteiger partial charge >= 0.3 is 5.97 Å². The Morgan fingerprint density at radius 2 is 1.80 bits per heavy atom. The Labute approximate surface area is 245 Å². The van der Waals surface area contributed by atoms with E-state index >= 15 is 4.39 Å². The van der Waals surface area contributed by atoms with Crippen molar-refractivity contribution in [2.75, 3.05) is 18.1 Å². The van der Waals surface area contributed by atoms with Gasteiger partial charge < -0.3 is 19.5 Å². The number of nitrogens with zero attached hydrogens (tertiary/aromatic N) is 1. The van der Waals surface area contributed by atoms with Crippen LogP contribution < -0.4 is 9.64 Å². The number of amides is 1. The van der Waals surface area contributed by atoms with Gasteiger partial charge in [-0.05, 0) is 125 Å². The summed E-state index contributed by atoms with van der Waals surface area (Å²) >= 11 is 6.27. The molecule has 8 heteroatoms. The third-order valence-electron chi connectivity index (χ3n) is 7.73. The molecule has 5 rings (SSSR count). The zero-order valence-corrected chi connectivity index (χ0v) is 25.0. The molecule has 0 saturated heterocycles. The second-order valence-electron chi connectivity index (χ2n) is 11.9. The highest BCUT2D eigenvalue weighted by Gasteiger charge is 2.37. The number of hydrogen-bond acceptors (Lipinski definition) is 4. The molecule has 2 aliphatic heterocycles. The van der Waals surface area contributed by atoms with Gasteiger partial charge in [-0.2, -0.15) is 0 Å². The van der Waals surface area contributed by atoms with Crippen LogP contribution in [0.2, 0.25) is 5.02 Å². The lowest BCUT2D eigenvalue weighted by atomic mass is 9.83. The maximum absolute atomic E-state index is 15.6. The normalized spacial score (nSPS) is 15.3. The van der Waals surface area contributed by atoms with Gasteiger partial charge in [-0.3, -0.25) is 4.79 Å². The van der Waals surface area contributed by atoms with Gasteiger partial charge in [-0.15, -0.1) is 0 Å². The van der Waals surface area contributed by atoms with Gasteiger partial charge in [-0.1, -0.05) is 11.6 Å². The Balaban J connectivity index is 1.78. The number of fused-ring (bicyclic) bond motifs is 2. The zero-order valence-electron chi connectivity index (χ0n) is 24.3. The molecule has 0 aliphatic carbocycles. The predicted molar refractivity (Wildman–Crippen MR) is 158 cm³/mol. The van der Waals surface area contributed by atoms with Crippen molar-refractivity contribution in [2.45, 2.75) is 72.5 Å². The molecule has 0 radical (unpaired) electrons. The minimum absolute atomic E-state index is 0.199. The first kappa shape index (κ1) is 29.1. The Morgan fingerprint density at radius 3 is 2.46 bits per heavy atom. The van der Waals surface area contributed by atoms with E-state index in [1.54, 1.807) is 43.9 Å². The number of carboxylic acids is 1. The van der Waals surface area contributed by atoms with Crippen LogP contribution in [0.1, 0.15) is 77.0 Å². The van der Waals surface area contributed by atoms with E-state index in [1.165, 1.54) is 6.07 Å². The fourth-order valence-corrected chi connectivity index (χ4v) is 6.36. The van der Waals surface area contributed by atoms with Crippen LogP contribution in [-0.2, 0) is 22.4 Å². The van der Waals surface area contributed by atoms with E-state index in [0.717, 1.165) is 28.7 Å². The lowest BCUT2D eigenvalue weighted by Gasteiger charge is -2.30. The third kappa shape index (κ3) is 5.45. The van der Waals surface area contributed by atoms with Crippen molar-refractivity contribution in [3.63, 3.8) is 0 Å². The van der Waals surface area contributed by atoms with Crippen LogP contribution in [0, 0.1) is 26.6 Å². The van der Waals surface area contributed by atoms with Crippen molar-refractivity contribution in [2.24, 2.45) is 0 Å². The van der Waals surface area contributed by atoms with Crippen molar-refractivity contribution in [3.8, 4) is 16.9 Å².